The van der Waals surface area contributed by atoms with Crippen LogP contribution >= 0.6 is 0 Å². The molecule has 0 aliphatic carbocycles. The summed E-state index contributed by atoms with van der Waals surface area (Å²) in [5, 5.41) is 18.1. The second-order valence-electron chi connectivity index (χ2n) is 8.06. The zero-order valence-corrected chi connectivity index (χ0v) is 17.4. The molecule has 1 saturated heterocycles. The summed E-state index contributed by atoms with van der Waals surface area (Å²) in [5.74, 6) is -0.760. The van der Waals surface area contributed by atoms with E-state index in [2.05, 4.69) is 20.9 Å². The highest BCUT2D eigenvalue weighted by Crippen LogP contribution is 2.45. The van der Waals surface area contributed by atoms with Gasteiger partial charge in [-0.1, -0.05) is 0 Å². The lowest BCUT2D eigenvalue weighted by molar-refractivity contribution is -0.128. The maximum absolute atomic E-state index is 14.8. The standard InChI is InChI=1S/C22H24F2N6O/c1-3-26-19-8-13(23)7-18-20(19)29-21(31)22(18,2)30-11-14(24)6-17(12-30)28-16-5-4-15(9-25)27-10-16/h4-5,7-8,10,14,17,26,28H,3,6,11-12H2,1-2H3,(H,29,31)/t14?,17?,22-/m1/s1. The van der Waals surface area contributed by atoms with Gasteiger partial charge in [0.15, 0.2) is 0 Å². The van der Waals surface area contributed by atoms with Gasteiger partial charge >= 0.3 is 0 Å². The second-order valence-corrected chi connectivity index (χ2v) is 8.06. The minimum Gasteiger partial charge on any atom is -0.384 e. The number of halogens is 2. The van der Waals surface area contributed by atoms with Gasteiger partial charge in [-0.3, -0.25) is 9.69 Å². The Hall–Kier alpha value is -3.25. The molecule has 2 unspecified atom stereocenters. The number of hydrogen-bond donors (Lipinski definition) is 3. The molecule has 3 N–H and O–H groups in total. The predicted octanol–water partition coefficient (Wildman–Crippen LogP) is 3.22. The fourth-order valence-electron chi connectivity index (χ4n) is 4.42. The highest BCUT2D eigenvalue weighted by atomic mass is 19.1. The van der Waals surface area contributed by atoms with Crippen LogP contribution in [0.5, 0.6) is 0 Å². The third-order valence-electron chi connectivity index (χ3n) is 5.96. The topological polar surface area (TPSA) is 93.1 Å². The average Bonchev–Trinajstić information content (AvgIpc) is 3.00. The smallest absolute Gasteiger partial charge is 0.249 e. The van der Waals surface area contributed by atoms with Crippen molar-refractivity contribution in [2.75, 3.05) is 35.6 Å². The van der Waals surface area contributed by atoms with E-state index in [4.69, 9.17) is 5.26 Å². The van der Waals surface area contributed by atoms with E-state index in [-0.39, 0.29) is 24.9 Å². The van der Waals surface area contributed by atoms with Crippen LogP contribution in [-0.2, 0) is 10.3 Å². The number of nitrogens with one attached hydrogen (secondary N) is 3. The number of nitriles is 1. The molecule has 1 amide bonds. The Bertz CT molecular complexity index is 1040. The molecule has 31 heavy (non-hydrogen) atoms. The molecule has 7 nitrogen and oxygen atoms in total. The van der Waals surface area contributed by atoms with Crippen LogP contribution in [0.15, 0.2) is 30.5 Å². The molecule has 2 aromatic rings. The molecule has 1 aromatic heterocycles. The molecule has 0 radical (unpaired) electrons. The first-order chi connectivity index (χ1) is 14.8. The molecule has 4 rings (SSSR count). The van der Waals surface area contributed by atoms with Crippen molar-refractivity contribution in [2.45, 2.75) is 38.0 Å². The highest BCUT2D eigenvalue weighted by Gasteiger charge is 2.50. The van der Waals surface area contributed by atoms with Gasteiger partial charge < -0.3 is 16.0 Å². The fourth-order valence-corrected chi connectivity index (χ4v) is 4.42. The van der Waals surface area contributed by atoms with Gasteiger partial charge in [0, 0.05) is 37.7 Å². The van der Waals surface area contributed by atoms with Crippen molar-refractivity contribution in [1.29, 1.82) is 5.26 Å². The quantitative estimate of drug-likeness (QED) is 0.680. The summed E-state index contributed by atoms with van der Waals surface area (Å²) in [6.45, 7) is 4.63. The van der Waals surface area contributed by atoms with Gasteiger partial charge in [-0.15, -0.1) is 0 Å². The lowest BCUT2D eigenvalue weighted by Crippen LogP contribution is -2.57. The summed E-state index contributed by atoms with van der Waals surface area (Å²) >= 11 is 0. The molecule has 3 atom stereocenters. The van der Waals surface area contributed by atoms with Crippen LogP contribution < -0.4 is 16.0 Å². The van der Waals surface area contributed by atoms with E-state index in [1.54, 1.807) is 24.0 Å². The van der Waals surface area contributed by atoms with E-state index < -0.39 is 17.5 Å². The number of amides is 1. The Morgan fingerprint density at radius 1 is 1.39 bits per heavy atom. The van der Waals surface area contributed by atoms with Gasteiger partial charge in [-0.05, 0) is 38.1 Å². The number of piperidine rings is 1. The SMILES string of the molecule is CCNc1cc(F)cc2c1NC(=O)[C@]2(C)N1CC(F)CC(Nc2ccc(C#N)nc2)C1. The molecule has 9 heteroatoms. The summed E-state index contributed by atoms with van der Waals surface area (Å²) in [5.41, 5.74) is 1.32. The zero-order chi connectivity index (χ0) is 22.2. The van der Waals surface area contributed by atoms with E-state index in [1.807, 2.05) is 13.0 Å². The normalized spacial score (nSPS) is 25.5. The Kier molecular flexibility index (Phi) is 5.50. The molecule has 0 saturated carbocycles. The lowest BCUT2D eigenvalue weighted by atomic mass is 9.87. The van der Waals surface area contributed by atoms with Gasteiger partial charge in [0.2, 0.25) is 5.91 Å². The summed E-state index contributed by atoms with van der Waals surface area (Å²) < 4.78 is 29.1. The van der Waals surface area contributed by atoms with Gasteiger partial charge in [-0.25, -0.2) is 13.8 Å². The molecule has 162 valence electrons. The maximum atomic E-state index is 14.8. The first-order valence-electron chi connectivity index (χ1n) is 10.3. The van der Waals surface area contributed by atoms with Crippen molar-refractivity contribution in [2.24, 2.45) is 0 Å². The number of benzene rings is 1. The number of carbonyl (C=O) groups excluding carboxylic acids is 1. The van der Waals surface area contributed by atoms with Crippen LogP contribution in [0, 0.1) is 17.1 Å². The van der Waals surface area contributed by atoms with Crippen LogP contribution in [0.2, 0.25) is 0 Å². The maximum Gasteiger partial charge on any atom is 0.249 e. The lowest BCUT2D eigenvalue weighted by Gasteiger charge is -2.43. The van der Waals surface area contributed by atoms with E-state index >= 15 is 0 Å². The first kappa shape index (κ1) is 21.0. The number of anilines is 3. The third-order valence-corrected chi connectivity index (χ3v) is 5.96. The fraction of sp³-hybridized carbons (Fsp3) is 0.409. The van der Waals surface area contributed by atoms with E-state index in [1.165, 1.54) is 18.3 Å². The average molecular weight is 426 g/mol. The Morgan fingerprint density at radius 3 is 2.87 bits per heavy atom. The van der Waals surface area contributed by atoms with E-state index in [0.29, 0.717) is 41.4 Å². The number of aromatic nitrogens is 1. The molecular weight excluding hydrogens is 402 g/mol. The van der Waals surface area contributed by atoms with Crippen molar-refractivity contribution < 1.29 is 13.6 Å². The number of alkyl halides is 1. The number of carbonyl (C=O) groups is 1. The minimum absolute atomic E-state index is 0.0697. The van der Waals surface area contributed by atoms with Gasteiger partial charge in [0.05, 0.1) is 23.3 Å². The third kappa shape index (κ3) is 3.79. The second kappa shape index (κ2) is 8.12. The van der Waals surface area contributed by atoms with Crippen molar-refractivity contribution in [1.82, 2.24) is 9.88 Å². The summed E-state index contributed by atoms with van der Waals surface area (Å²) in [4.78, 5) is 18.9. The van der Waals surface area contributed by atoms with Gasteiger partial charge in [0.1, 0.15) is 29.3 Å². The van der Waals surface area contributed by atoms with E-state index in [9.17, 15) is 13.6 Å². The molecular formula is C22H24F2N6O. The Morgan fingerprint density at radius 2 is 2.19 bits per heavy atom. The zero-order valence-electron chi connectivity index (χ0n) is 17.4. The van der Waals surface area contributed by atoms with Crippen molar-refractivity contribution >= 4 is 23.0 Å². The van der Waals surface area contributed by atoms with Crippen LogP contribution in [-0.4, -0.2) is 47.6 Å². The van der Waals surface area contributed by atoms with E-state index in [0.717, 1.165) is 0 Å². The largest absolute Gasteiger partial charge is 0.384 e. The van der Waals surface area contributed by atoms with Crippen molar-refractivity contribution in [3.05, 3.63) is 47.5 Å². The van der Waals surface area contributed by atoms with Crippen LogP contribution in [0.1, 0.15) is 31.5 Å². The summed E-state index contributed by atoms with van der Waals surface area (Å²) in [7, 11) is 0. The van der Waals surface area contributed by atoms with Crippen LogP contribution in [0.25, 0.3) is 0 Å². The monoisotopic (exact) mass is 426 g/mol. The van der Waals surface area contributed by atoms with Gasteiger partial charge in [0.25, 0.3) is 0 Å². The molecule has 2 aliphatic heterocycles. The molecule has 3 heterocycles. The molecule has 2 aliphatic rings. The van der Waals surface area contributed by atoms with Gasteiger partial charge in [-0.2, -0.15) is 5.26 Å². The Balaban J connectivity index is 1.62. The number of nitrogens with zero attached hydrogens (tertiary/aromatic N) is 3. The number of likely N-dealkylation sites (tertiary alicyclic amines) is 1. The number of hydrogen-bond acceptors (Lipinski definition) is 6. The van der Waals surface area contributed by atoms with Crippen molar-refractivity contribution in [3.8, 4) is 6.07 Å². The minimum atomic E-state index is -1.20. The summed E-state index contributed by atoms with van der Waals surface area (Å²) in [6, 6.07) is 7.68. The molecule has 1 aromatic carbocycles. The Labute approximate surface area is 179 Å². The van der Waals surface area contributed by atoms with Crippen molar-refractivity contribution in [3.63, 3.8) is 0 Å². The number of pyridine rings is 1. The summed E-state index contributed by atoms with van der Waals surface area (Å²) in [6.07, 6.45) is 0.641. The molecule has 1 fully saturated rings. The highest BCUT2D eigenvalue weighted by molar-refractivity contribution is 6.08. The number of rotatable bonds is 5. The number of fused-ring (bicyclic) bond motifs is 1. The molecule has 0 spiro atoms. The predicted molar refractivity (Wildman–Crippen MR) is 114 cm³/mol. The van der Waals surface area contributed by atoms with Crippen LogP contribution in [0.4, 0.5) is 25.8 Å². The first-order valence-corrected chi connectivity index (χ1v) is 10.3. The van der Waals surface area contributed by atoms with Crippen LogP contribution in [0.3, 0.4) is 0 Å². The molecule has 0 bridgehead atoms.